The van der Waals surface area contributed by atoms with Crippen molar-refractivity contribution in [2.45, 2.75) is 38.6 Å². The SMILES string of the molecule is CCNC(=O)c1ccc(-n2nnc(C(=O)NC3CC3)c2CCCOc2ccc3oc(=O)sc3c2)cc1. The number of ether oxygens (including phenoxy) is 1. The summed E-state index contributed by atoms with van der Waals surface area (Å²) in [5.74, 6) is 0.253. The minimum atomic E-state index is -0.348. The first-order chi connectivity index (χ1) is 17.5. The van der Waals surface area contributed by atoms with Crippen molar-refractivity contribution in [3.8, 4) is 11.4 Å². The van der Waals surface area contributed by atoms with E-state index < -0.39 is 0 Å². The van der Waals surface area contributed by atoms with E-state index in [-0.39, 0.29) is 22.8 Å². The summed E-state index contributed by atoms with van der Waals surface area (Å²) in [6.45, 7) is 2.80. The molecule has 5 rings (SSSR count). The van der Waals surface area contributed by atoms with E-state index >= 15 is 0 Å². The molecule has 0 atom stereocenters. The van der Waals surface area contributed by atoms with E-state index in [1.54, 1.807) is 47.1 Å². The number of nitrogens with one attached hydrogen (secondary N) is 2. The van der Waals surface area contributed by atoms with Crippen LogP contribution >= 0.6 is 11.3 Å². The fraction of sp³-hybridized carbons (Fsp3) is 0.320. The van der Waals surface area contributed by atoms with Crippen molar-refractivity contribution in [1.29, 1.82) is 0 Å². The standard InChI is InChI=1S/C25H25N5O5S/c1-2-26-23(31)15-5-9-17(10-6-15)30-19(22(28-29-30)24(32)27-16-7-8-16)4-3-13-34-18-11-12-20-21(14-18)36-25(33)35-20/h5-6,9-12,14,16H,2-4,7-8,13H2,1H3,(H,26,31)(H,27,32). The normalized spacial score (nSPS) is 13.0. The third-order valence-corrected chi connectivity index (χ3v) is 6.52. The van der Waals surface area contributed by atoms with E-state index in [0.29, 0.717) is 60.0 Å². The number of carbonyl (C=O) groups is 2. The van der Waals surface area contributed by atoms with Crippen LogP contribution in [0.2, 0.25) is 0 Å². The van der Waals surface area contributed by atoms with Gasteiger partial charge in [0, 0.05) is 24.2 Å². The third-order valence-electron chi connectivity index (χ3n) is 5.73. The fourth-order valence-electron chi connectivity index (χ4n) is 3.78. The number of hydrogen-bond donors (Lipinski definition) is 2. The van der Waals surface area contributed by atoms with E-state index in [1.807, 2.05) is 6.92 Å². The largest absolute Gasteiger partial charge is 0.494 e. The molecule has 1 aliphatic carbocycles. The first-order valence-corrected chi connectivity index (χ1v) is 12.6. The lowest BCUT2D eigenvalue weighted by atomic mass is 10.1. The molecule has 2 heterocycles. The predicted molar refractivity (Wildman–Crippen MR) is 134 cm³/mol. The molecular formula is C25H25N5O5S. The van der Waals surface area contributed by atoms with Gasteiger partial charge in [0.1, 0.15) is 11.3 Å². The zero-order valence-corrected chi connectivity index (χ0v) is 20.5. The molecule has 2 aromatic heterocycles. The Kier molecular flexibility index (Phi) is 6.81. The first kappa shape index (κ1) is 23.7. The van der Waals surface area contributed by atoms with Crippen LogP contribution in [-0.4, -0.2) is 46.0 Å². The second-order valence-corrected chi connectivity index (χ2v) is 9.44. The first-order valence-electron chi connectivity index (χ1n) is 11.8. The Morgan fingerprint density at radius 3 is 2.72 bits per heavy atom. The zero-order chi connectivity index (χ0) is 25.1. The predicted octanol–water partition coefficient (Wildman–Crippen LogP) is 3.09. The van der Waals surface area contributed by atoms with Crippen molar-refractivity contribution in [3.05, 3.63) is 69.1 Å². The fourth-order valence-corrected chi connectivity index (χ4v) is 4.48. The highest BCUT2D eigenvalue weighted by Crippen LogP contribution is 2.24. The molecule has 0 bridgehead atoms. The van der Waals surface area contributed by atoms with Crippen molar-refractivity contribution in [1.82, 2.24) is 25.6 Å². The van der Waals surface area contributed by atoms with E-state index in [4.69, 9.17) is 9.15 Å². The van der Waals surface area contributed by atoms with E-state index in [1.165, 1.54) is 0 Å². The maximum absolute atomic E-state index is 12.8. The van der Waals surface area contributed by atoms with Gasteiger partial charge in [-0.3, -0.25) is 9.59 Å². The summed E-state index contributed by atoms with van der Waals surface area (Å²) in [5.41, 5.74) is 2.75. The number of fused-ring (bicyclic) bond motifs is 1. The van der Waals surface area contributed by atoms with E-state index in [9.17, 15) is 14.4 Å². The number of aromatic nitrogens is 3. The Morgan fingerprint density at radius 1 is 1.17 bits per heavy atom. The van der Waals surface area contributed by atoms with E-state index in [2.05, 4.69) is 20.9 Å². The molecule has 0 unspecified atom stereocenters. The molecule has 1 saturated carbocycles. The molecule has 11 heteroatoms. The Morgan fingerprint density at radius 2 is 1.97 bits per heavy atom. The Bertz CT molecular complexity index is 1450. The molecule has 0 radical (unpaired) electrons. The lowest BCUT2D eigenvalue weighted by molar-refractivity contribution is 0.0940. The molecule has 10 nitrogen and oxygen atoms in total. The second-order valence-electron chi connectivity index (χ2n) is 8.47. The summed E-state index contributed by atoms with van der Waals surface area (Å²) in [7, 11) is 0. The van der Waals surface area contributed by atoms with Crippen molar-refractivity contribution < 1.29 is 18.7 Å². The van der Waals surface area contributed by atoms with Crippen LogP contribution in [0.15, 0.2) is 51.7 Å². The van der Waals surface area contributed by atoms with Crippen LogP contribution in [0, 0.1) is 0 Å². The molecule has 2 amide bonds. The van der Waals surface area contributed by atoms with Gasteiger partial charge in [0.2, 0.25) is 0 Å². The van der Waals surface area contributed by atoms with Crippen LogP contribution in [0.3, 0.4) is 0 Å². The summed E-state index contributed by atoms with van der Waals surface area (Å²) in [5, 5.41) is 14.2. The quantitative estimate of drug-likeness (QED) is 0.316. The smallest absolute Gasteiger partial charge is 0.396 e. The molecule has 0 saturated heterocycles. The highest BCUT2D eigenvalue weighted by molar-refractivity contribution is 7.16. The maximum atomic E-state index is 12.8. The molecule has 0 aliphatic heterocycles. The summed E-state index contributed by atoms with van der Waals surface area (Å²) < 4.78 is 13.3. The highest BCUT2D eigenvalue weighted by Gasteiger charge is 2.27. The van der Waals surface area contributed by atoms with Crippen molar-refractivity contribution in [2.24, 2.45) is 0 Å². The summed E-state index contributed by atoms with van der Waals surface area (Å²) >= 11 is 1.03. The topological polar surface area (TPSA) is 128 Å². The number of nitrogens with zero attached hydrogens (tertiary/aromatic N) is 3. The maximum Gasteiger partial charge on any atom is 0.396 e. The lowest BCUT2D eigenvalue weighted by Crippen LogP contribution is -2.27. The van der Waals surface area contributed by atoms with Gasteiger partial charge in [0.25, 0.3) is 11.8 Å². The third kappa shape index (κ3) is 5.30. The molecule has 2 N–H and O–H groups in total. The average Bonchev–Trinajstić information content (AvgIpc) is 3.45. The molecule has 1 fully saturated rings. The van der Waals surface area contributed by atoms with Gasteiger partial charge in [-0.2, -0.15) is 0 Å². The van der Waals surface area contributed by atoms with Gasteiger partial charge < -0.3 is 19.8 Å². The molecule has 1 aliphatic rings. The average molecular weight is 508 g/mol. The summed E-state index contributed by atoms with van der Waals surface area (Å²) in [6.07, 6.45) is 3.05. The van der Waals surface area contributed by atoms with Crippen LogP contribution < -0.4 is 20.3 Å². The molecule has 0 spiro atoms. The van der Waals surface area contributed by atoms with Crippen LogP contribution in [0.1, 0.15) is 52.7 Å². The van der Waals surface area contributed by atoms with Gasteiger partial charge in [-0.05, 0) is 69.0 Å². The monoisotopic (exact) mass is 507 g/mol. The highest BCUT2D eigenvalue weighted by atomic mass is 32.1. The molecule has 2 aromatic carbocycles. The van der Waals surface area contributed by atoms with Crippen molar-refractivity contribution in [2.75, 3.05) is 13.2 Å². The number of benzene rings is 2. The van der Waals surface area contributed by atoms with Gasteiger partial charge >= 0.3 is 4.94 Å². The van der Waals surface area contributed by atoms with E-state index in [0.717, 1.165) is 28.9 Å². The summed E-state index contributed by atoms with van der Waals surface area (Å²) in [6, 6.07) is 12.5. The Balaban J connectivity index is 1.31. The zero-order valence-electron chi connectivity index (χ0n) is 19.7. The van der Waals surface area contributed by atoms with Gasteiger partial charge in [-0.25, -0.2) is 9.48 Å². The summed E-state index contributed by atoms with van der Waals surface area (Å²) in [4.78, 5) is 36.0. The lowest BCUT2D eigenvalue weighted by Gasteiger charge is -2.10. The van der Waals surface area contributed by atoms with Gasteiger partial charge in [0.15, 0.2) is 5.69 Å². The Labute approximate surface area is 210 Å². The van der Waals surface area contributed by atoms with Crippen LogP contribution in [0.5, 0.6) is 5.75 Å². The molecular weight excluding hydrogens is 482 g/mol. The number of rotatable bonds is 10. The second kappa shape index (κ2) is 10.3. The molecule has 36 heavy (non-hydrogen) atoms. The minimum absolute atomic E-state index is 0.148. The van der Waals surface area contributed by atoms with Crippen LogP contribution in [-0.2, 0) is 6.42 Å². The molecule has 4 aromatic rings. The minimum Gasteiger partial charge on any atom is -0.494 e. The molecule has 186 valence electrons. The van der Waals surface area contributed by atoms with Crippen molar-refractivity contribution in [3.63, 3.8) is 0 Å². The number of carbonyl (C=O) groups excluding carboxylic acids is 2. The number of hydrogen-bond acceptors (Lipinski definition) is 8. The van der Waals surface area contributed by atoms with Crippen LogP contribution in [0.4, 0.5) is 0 Å². The number of amides is 2. The van der Waals surface area contributed by atoms with Gasteiger partial charge in [-0.15, -0.1) is 5.10 Å². The van der Waals surface area contributed by atoms with Gasteiger partial charge in [0.05, 0.1) is 22.7 Å². The van der Waals surface area contributed by atoms with Gasteiger partial charge in [-0.1, -0.05) is 16.6 Å². The van der Waals surface area contributed by atoms with Crippen molar-refractivity contribution >= 4 is 33.4 Å². The van der Waals surface area contributed by atoms with Crippen LogP contribution in [0.25, 0.3) is 16.0 Å². The Hall–Kier alpha value is -3.99.